The number of hydrogen-bond donors (Lipinski definition) is 0. The van der Waals surface area contributed by atoms with Gasteiger partial charge in [0.25, 0.3) is 5.79 Å². The van der Waals surface area contributed by atoms with Gasteiger partial charge in [-0.2, -0.15) is 0 Å². The number of carbonyl (C=O) groups is 3. The number of aromatic nitrogens is 1. The molecule has 0 spiro atoms. The van der Waals surface area contributed by atoms with Crippen LogP contribution in [0, 0.1) is 18.7 Å². The molecule has 0 bridgehead atoms. The van der Waals surface area contributed by atoms with Crippen LogP contribution in [0.4, 0.5) is 4.39 Å². The molecule has 29 heavy (non-hydrogen) atoms. The van der Waals surface area contributed by atoms with Gasteiger partial charge in [0.05, 0.1) is 10.7 Å². The minimum absolute atomic E-state index is 0.00160. The maximum atomic E-state index is 13.2. The van der Waals surface area contributed by atoms with Crippen molar-refractivity contribution in [1.82, 2.24) is 4.57 Å². The van der Waals surface area contributed by atoms with E-state index in [1.165, 1.54) is 42.7 Å². The van der Waals surface area contributed by atoms with Crippen LogP contribution in [0.3, 0.4) is 0 Å². The van der Waals surface area contributed by atoms with Crippen molar-refractivity contribution in [2.75, 3.05) is 0 Å². The highest BCUT2D eigenvalue weighted by Crippen LogP contribution is 2.34. The number of halogens is 3. The van der Waals surface area contributed by atoms with Crippen molar-refractivity contribution in [2.24, 2.45) is 5.92 Å². The lowest BCUT2D eigenvalue weighted by Crippen LogP contribution is -2.46. The number of rotatable bonds is 5. The van der Waals surface area contributed by atoms with Gasteiger partial charge in [0.15, 0.2) is 5.92 Å². The monoisotopic (exact) mass is 441 g/mol. The topological polar surface area (TPSA) is 74.6 Å². The first kappa shape index (κ1) is 21.3. The maximum Gasteiger partial charge on any atom is 0.323 e. The first-order valence-corrected chi connectivity index (χ1v) is 9.57. The van der Waals surface area contributed by atoms with Crippen LogP contribution in [0.2, 0.25) is 10.2 Å². The Balaban J connectivity index is 1.89. The second-order valence-corrected chi connectivity index (χ2v) is 7.89. The van der Waals surface area contributed by atoms with Crippen molar-refractivity contribution in [1.29, 1.82) is 0 Å². The standard InChI is InChI=1S/C20H18Cl2FNO5/c1-10-14(21)17(22)24(15(10)16(25)11-4-6-12(23)7-5-11)9-8-13-18(26)28-20(2,3)29-19(13)27/h4-7,13H,8-9H2,1-3H3. The molecule has 3 rings (SSSR count). The van der Waals surface area contributed by atoms with Crippen LogP contribution in [-0.2, 0) is 25.6 Å². The Labute approximate surface area is 176 Å². The number of benzene rings is 1. The van der Waals surface area contributed by atoms with Gasteiger partial charge in [0.2, 0.25) is 5.78 Å². The summed E-state index contributed by atoms with van der Waals surface area (Å²) in [4.78, 5) is 37.3. The van der Waals surface area contributed by atoms with Gasteiger partial charge >= 0.3 is 11.9 Å². The molecule has 0 atom stereocenters. The van der Waals surface area contributed by atoms with E-state index in [9.17, 15) is 18.8 Å². The molecule has 1 aromatic carbocycles. The molecule has 0 aliphatic carbocycles. The van der Waals surface area contributed by atoms with Gasteiger partial charge in [-0.25, -0.2) is 4.39 Å². The molecule has 0 amide bonds. The van der Waals surface area contributed by atoms with Gasteiger partial charge in [0, 0.05) is 26.0 Å². The van der Waals surface area contributed by atoms with E-state index in [-0.39, 0.29) is 34.4 Å². The van der Waals surface area contributed by atoms with Crippen molar-refractivity contribution in [3.05, 3.63) is 57.1 Å². The Kier molecular flexibility index (Phi) is 5.74. The van der Waals surface area contributed by atoms with E-state index in [0.29, 0.717) is 5.56 Å². The third-order valence-corrected chi connectivity index (χ3v) is 5.55. The Hall–Kier alpha value is -2.38. The van der Waals surface area contributed by atoms with Gasteiger partial charge in [-0.1, -0.05) is 23.2 Å². The van der Waals surface area contributed by atoms with Gasteiger partial charge in [-0.15, -0.1) is 0 Å². The third-order valence-electron chi connectivity index (χ3n) is 4.60. The Morgan fingerprint density at radius 3 is 2.24 bits per heavy atom. The second kappa shape index (κ2) is 7.80. The Bertz CT molecular complexity index is 977. The molecule has 0 unspecified atom stereocenters. The molecule has 1 saturated heterocycles. The number of hydrogen-bond acceptors (Lipinski definition) is 5. The molecule has 1 aromatic heterocycles. The zero-order valence-corrected chi connectivity index (χ0v) is 17.4. The normalized spacial score (nSPS) is 16.5. The van der Waals surface area contributed by atoms with Crippen LogP contribution in [0.25, 0.3) is 0 Å². The van der Waals surface area contributed by atoms with Gasteiger partial charge in [-0.3, -0.25) is 14.4 Å². The molecule has 1 aliphatic rings. The first-order chi connectivity index (χ1) is 13.5. The Morgan fingerprint density at radius 1 is 1.14 bits per heavy atom. The molecule has 2 heterocycles. The van der Waals surface area contributed by atoms with E-state index in [0.717, 1.165) is 0 Å². The van der Waals surface area contributed by atoms with Crippen LogP contribution in [0.1, 0.15) is 41.9 Å². The van der Waals surface area contributed by atoms with E-state index in [2.05, 4.69) is 0 Å². The number of ketones is 1. The zero-order valence-electron chi connectivity index (χ0n) is 15.9. The fourth-order valence-electron chi connectivity index (χ4n) is 3.16. The average Bonchev–Trinajstić information content (AvgIpc) is 2.84. The second-order valence-electron chi connectivity index (χ2n) is 7.15. The molecule has 2 aromatic rings. The quantitative estimate of drug-likeness (QED) is 0.392. The van der Waals surface area contributed by atoms with E-state index >= 15 is 0 Å². The lowest BCUT2D eigenvalue weighted by molar-refractivity contribution is -0.240. The fourth-order valence-corrected chi connectivity index (χ4v) is 3.66. The number of esters is 2. The summed E-state index contributed by atoms with van der Waals surface area (Å²) in [6.07, 6.45) is 0.00160. The zero-order chi connectivity index (χ0) is 21.5. The van der Waals surface area contributed by atoms with E-state index < -0.39 is 35.2 Å². The largest absolute Gasteiger partial charge is 0.422 e. The fraction of sp³-hybridized carbons (Fsp3) is 0.350. The lowest BCUT2D eigenvalue weighted by atomic mass is 10.0. The molecule has 0 N–H and O–H groups in total. The molecular formula is C20H18Cl2FNO5. The van der Waals surface area contributed by atoms with Crippen LogP contribution in [0.15, 0.2) is 24.3 Å². The molecular weight excluding hydrogens is 424 g/mol. The van der Waals surface area contributed by atoms with Crippen molar-refractivity contribution in [2.45, 2.75) is 39.5 Å². The van der Waals surface area contributed by atoms with Gasteiger partial charge < -0.3 is 14.0 Å². The number of cyclic esters (lactones) is 2. The van der Waals surface area contributed by atoms with E-state index in [1.807, 2.05) is 0 Å². The summed E-state index contributed by atoms with van der Waals surface area (Å²) in [7, 11) is 0. The molecule has 0 saturated carbocycles. The van der Waals surface area contributed by atoms with E-state index in [4.69, 9.17) is 32.7 Å². The summed E-state index contributed by atoms with van der Waals surface area (Å²) in [6, 6.07) is 5.06. The van der Waals surface area contributed by atoms with E-state index in [1.54, 1.807) is 6.92 Å². The molecule has 9 heteroatoms. The number of ether oxygens (including phenoxy) is 2. The van der Waals surface area contributed by atoms with Crippen molar-refractivity contribution < 1.29 is 28.2 Å². The molecule has 6 nitrogen and oxygen atoms in total. The van der Waals surface area contributed by atoms with Gasteiger partial charge in [-0.05, 0) is 43.2 Å². The van der Waals surface area contributed by atoms with Crippen molar-refractivity contribution in [3.63, 3.8) is 0 Å². The molecule has 0 radical (unpaired) electrons. The summed E-state index contributed by atoms with van der Waals surface area (Å²) in [6.45, 7) is 4.60. The SMILES string of the molecule is Cc1c(Cl)c(Cl)n(CCC2C(=O)OC(C)(C)OC2=O)c1C(=O)c1ccc(F)cc1. The first-order valence-electron chi connectivity index (χ1n) is 8.82. The summed E-state index contributed by atoms with van der Waals surface area (Å²) < 4.78 is 24.8. The summed E-state index contributed by atoms with van der Waals surface area (Å²) >= 11 is 12.5. The number of carbonyl (C=O) groups excluding carboxylic acids is 3. The maximum absolute atomic E-state index is 13.2. The number of nitrogens with zero attached hydrogens (tertiary/aromatic N) is 1. The van der Waals surface area contributed by atoms with Crippen LogP contribution >= 0.6 is 23.2 Å². The summed E-state index contributed by atoms with van der Waals surface area (Å²) in [5, 5.41) is 0.291. The molecule has 1 aliphatic heterocycles. The molecule has 154 valence electrons. The smallest absolute Gasteiger partial charge is 0.323 e. The highest BCUT2D eigenvalue weighted by molar-refractivity contribution is 6.42. The van der Waals surface area contributed by atoms with Crippen LogP contribution in [0.5, 0.6) is 0 Å². The summed E-state index contributed by atoms with van der Waals surface area (Å²) in [5.41, 5.74) is 0.894. The highest BCUT2D eigenvalue weighted by atomic mass is 35.5. The summed E-state index contributed by atoms with van der Waals surface area (Å²) in [5.74, 6) is -4.76. The minimum atomic E-state index is -1.32. The predicted octanol–water partition coefficient (Wildman–Crippen LogP) is 4.32. The average molecular weight is 442 g/mol. The van der Waals surface area contributed by atoms with Crippen LogP contribution in [-0.4, -0.2) is 28.1 Å². The highest BCUT2D eigenvalue weighted by Gasteiger charge is 2.43. The lowest BCUT2D eigenvalue weighted by Gasteiger charge is -2.32. The van der Waals surface area contributed by atoms with Gasteiger partial charge in [0.1, 0.15) is 11.0 Å². The van der Waals surface area contributed by atoms with Crippen molar-refractivity contribution >= 4 is 40.9 Å². The third kappa shape index (κ3) is 4.16. The predicted molar refractivity (Wildman–Crippen MR) is 103 cm³/mol. The minimum Gasteiger partial charge on any atom is -0.422 e. The van der Waals surface area contributed by atoms with Crippen LogP contribution < -0.4 is 0 Å². The Morgan fingerprint density at radius 2 is 1.69 bits per heavy atom. The molecule has 1 fully saturated rings. The van der Waals surface area contributed by atoms with Crippen molar-refractivity contribution in [3.8, 4) is 0 Å².